The number of aliphatic hydroxyl groups is 1. The summed E-state index contributed by atoms with van der Waals surface area (Å²) in [6.45, 7) is 67.8. The van der Waals surface area contributed by atoms with Crippen LogP contribution < -0.4 is 4.74 Å². The molecule has 0 amide bonds. The largest absolute Gasteiger partial charge is 0.497 e. The third-order valence-corrected chi connectivity index (χ3v) is 36.7. The van der Waals surface area contributed by atoms with E-state index in [1.54, 1.807) is 7.11 Å². The van der Waals surface area contributed by atoms with Crippen LogP contribution in [0.4, 0.5) is 0 Å². The van der Waals surface area contributed by atoms with Crippen molar-refractivity contribution in [1.82, 2.24) is 0 Å². The molecule has 78 heavy (non-hydrogen) atoms. The lowest BCUT2D eigenvalue weighted by Crippen LogP contribution is -2.53. The molecule has 0 radical (unpaired) electrons. The topological polar surface area (TPSA) is 102 Å². The molecule has 0 saturated heterocycles. The summed E-state index contributed by atoms with van der Waals surface area (Å²) in [6, 6.07) is 8.14. The number of benzene rings is 1. The number of ether oxygens (including phenoxy) is 3. The molecule has 1 aromatic rings. The quantitative estimate of drug-likeness (QED) is 0.0337. The number of hydrogen-bond donors (Lipinski definition) is 1. The third-order valence-electron chi connectivity index (χ3n) is 18.7. The summed E-state index contributed by atoms with van der Waals surface area (Å²) in [5.74, 6) is 0.161. The smallest absolute Gasteiger partial charge is 0.310 e. The van der Waals surface area contributed by atoms with Crippen LogP contribution in [-0.2, 0) is 38.6 Å². The second-order valence-electron chi connectivity index (χ2n) is 29.7. The minimum atomic E-state index is -2.37. The van der Waals surface area contributed by atoms with Gasteiger partial charge >= 0.3 is 5.97 Å². The molecule has 13 atom stereocenters. The van der Waals surface area contributed by atoms with Crippen LogP contribution in [0.5, 0.6) is 5.75 Å². The first kappa shape index (κ1) is 74.1. The Labute approximate surface area is 485 Å². The molecule has 0 aromatic heterocycles. The lowest BCUT2D eigenvalue weighted by molar-refractivity contribution is -0.150. The molecule has 1 rings (SSSR count). The Morgan fingerprint density at radius 1 is 0.590 bits per heavy atom. The van der Waals surface area contributed by atoms with Gasteiger partial charge in [0.1, 0.15) is 5.75 Å². The van der Waals surface area contributed by atoms with Gasteiger partial charge in [0.25, 0.3) is 0 Å². The molecule has 0 bridgehead atoms. The number of allylic oxidation sites excluding steroid dienone is 3. The molecule has 1 N–H and O–H groups in total. The molecular weight excluding hydrogens is 1040 g/mol. The van der Waals surface area contributed by atoms with E-state index in [2.05, 4.69) is 221 Å². The van der Waals surface area contributed by atoms with Crippen molar-refractivity contribution in [2.75, 3.05) is 14.2 Å². The molecule has 0 fully saturated rings. The summed E-state index contributed by atoms with van der Waals surface area (Å²) < 4.78 is 47.2. The number of carbonyl (C=O) groups is 1. The minimum Gasteiger partial charge on any atom is -0.497 e. The fraction of sp³-hybridized carbons (Fsp3) is 0.769. The van der Waals surface area contributed by atoms with Gasteiger partial charge in [0.2, 0.25) is 0 Å². The second-order valence-corrected chi connectivity index (χ2v) is 48.7. The van der Waals surface area contributed by atoms with Crippen LogP contribution in [0.15, 0.2) is 72.9 Å². The van der Waals surface area contributed by atoms with E-state index in [0.717, 1.165) is 17.7 Å². The fourth-order valence-corrected chi connectivity index (χ4v) is 15.1. The highest BCUT2D eigenvalue weighted by atomic mass is 28.4. The first-order valence-corrected chi connectivity index (χ1v) is 41.2. The van der Waals surface area contributed by atoms with Crippen LogP contribution >= 0.6 is 0 Å². The molecule has 0 aliphatic carbocycles. The summed E-state index contributed by atoms with van der Waals surface area (Å²) in [6.07, 6.45) is 11.8. The van der Waals surface area contributed by atoms with Crippen LogP contribution in [0.2, 0.25) is 72.5 Å². The summed E-state index contributed by atoms with van der Waals surface area (Å²) in [5, 5.41) is 12.0. The number of rotatable bonds is 31. The molecule has 13 heteroatoms. The summed E-state index contributed by atoms with van der Waals surface area (Å²) in [5.41, 5.74) is 2.40. The standard InChI is InChI=1S/C65H122O9Si4/c1-32-33-34-46(3)58(70-44-53-36-39-55(68-22)40-37-53)51(8)59(73-77(28,29)64(16,17)18)49(6)42-45(2)41-48(5)57(72-76(26,27)63(13,14)15)47(4)35-38-54(66)43-56(71-75(24,25)62(10,11)12)50(7)60(52(9)61(67)69-23)74-78(30,31)65(19,20)21/h32-41,46-52,54,56-60,66H,1,42-44H2,2-31H3/b34-33-,38-35-,45-41-/t46-,47-,48-,49-,50-,51+,52+,54-,56-,57-,58-,59+,60-/m0/s1. The zero-order valence-corrected chi connectivity index (χ0v) is 59.8. The monoisotopic (exact) mass is 1160 g/mol. The van der Waals surface area contributed by atoms with Crippen LogP contribution in [0.25, 0.3) is 0 Å². The van der Waals surface area contributed by atoms with Crippen molar-refractivity contribution in [3.05, 3.63) is 78.4 Å². The average Bonchev–Trinajstić information content (AvgIpc) is 3.30. The van der Waals surface area contributed by atoms with E-state index in [-0.39, 0.29) is 86.0 Å². The maximum Gasteiger partial charge on any atom is 0.310 e. The van der Waals surface area contributed by atoms with Crippen molar-refractivity contribution in [1.29, 1.82) is 0 Å². The molecule has 1 aromatic carbocycles. The molecule has 0 spiro atoms. The predicted molar refractivity (Wildman–Crippen MR) is 343 cm³/mol. The molecule has 0 aliphatic heterocycles. The van der Waals surface area contributed by atoms with E-state index >= 15 is 0 Å². The van der Waals surface area contributed by atoms with Crippen molar-refractivity contribution in [2.24, 2.45) is 41.4 Å². The number of esters is 1. The van der Waals surface area contributed by atoms with Crippen molar-refractivity contribution in [3.63, 3.8) is 0 Å². The SMILES string of the molecule is C=C/C=C\[C@H](C)[C@H](OCc1ccc(OC)cc1)[C@@H](C)[C@H](O[Si](C)(C)C(C)(C)C)[C@@H](C)C/C(C)=C\[C@H](C)[C@@H](O[Si](C)(C)C(C)(C)C)[C@@H](C)/C=C\[C@H](O)C[C@H](O[Si](C)(C)C(C)(C)C)[C@H](C)[C@H](O[Si](C)(C)C(C)(C)C)[C@@H](C)C(=O)OC. The van der Waals surface area contributed by atoms with Gasteiger partial charge in [-0.15, -0.1) is 0 Å². The van der Waals surface area contributed by atoms with Gasteiger partial charge in [0.15, 0.2) is 33.3 Å². The average molecular weight is 1160 g/mol. The molecule has 0 saturated carbocycles. The Morgan fingerprint density at radius 2 is 1.03 bits per heavy atom. The second kappa shape index (κ2) is 30.1. The van der Waals surface area contributed by atoms with Crippen LogP contribution in [-0.4, -0.2) is 95.2 Å². The van der Waals surface area contributed by atoms with E-state index in [0.29, 0.717) is 13.0 Å². The minimum absolute atomic E-state index is 0.00950. The highest BCUT2D eigenvalue weighted by molar-refractivity contribution is 6.75. The lowest BCUT2D eigenvalue weighted by Gasteiger charge is -2.46. The first-order valence-electron chi connectivity index (χ1n) is 29.6. The molecule has 9 nitrogen and oxygen atoms in total. The summed E-state index contributed by atoms with van der Waals surface area (Å²) >= 11 is 0. The van der Waals surface area contributed by atoms with Gasteiger partial charge in [0, 0.05) is 24.2 Å². The lowest BCUT2D eigenvalue weighted by atomic mass is 9.81. The van der Waals surface area contributed by atoms with Crippen molar-refractivity contribution in [3.8, 4) is 5.75 Å². The Morgan fingerprint density at radius 3 is 1.46 bits per heavy atom. The van der Waals surface area contributed by atoms with E-state index in [4.69, 9.17) is 31.9 Å². The van der Waals surface area contributed by atoms with Crippen LogP contribution in [0.1, 0.15) is 157 Å². The predicted octanol–water partition coefficient (Wildman–Crippen LogP) is 18.2. The Bertz CT molecular complexity index is 2050. The van der Waals surface area contributed by atoms with Crippen molar-refractivity contribution in [2.45, 2.75) is 267 Å². The van der Waals surface area contributed by atoms with E-state index in [1.165, 1.54) is 12.7 Å². The summed E-state index contributed by atoms with van der Waals surface area (Å²) in [4.78, 5) is 13.3. The fourth-order valence-electron chi connectivity index (χ4n) is 9.32. The van der Waals surface area contributed by atoms with Crippen molar-refractivity contribution >= 4 is 39.2 Å². The highest BCUT2D eigenvalue weighted by Crippen LogP contribution is 2.45. The third kappa shape index (κ3) is 22.0. The van der Waals surface area contributed by atoms with Gasteiger partial charge in [-0.3, -0.25) is 4.79 Å². The Hall–Kier alpha value is -1.92. The molecule has 452 valence electrons. The van der Waals surface area contributed by atoms with Gasteiger partial charge in [0.05, 0.1) is 63.4 Å². The Balaban J connectivity index is 3.88. The number of methoxy groups -OCH3 is 2. The van der Waals surface area contributed by atoms with Gasteiger partial charge in [-0.2, -0.15) is 0 Å². The molecule has 0 aliphatic rings. The maximum absolute atomic E-state index is 13.3. The van der Waals surface area contributed by atoms with Crippen LogP contribution in [0.3, 0.4) is 0 Å². The van der Waals surface area contributed by atoms with E-state index in [1.807, 2.05) is 37.3 Å². The van der Waals surface area contributed by atoms with Gasteiger partial charge in [-0.05, 0) is 128 Å². The molecular formula is C65H122O9Si4. The number of aliphatic hydroxyl groups excluding tert-OH is 1. The van der Waals surface area contributed by atoms with Crippen LogP contribution in [0, 0.1) is 41.4 Å². The number of carbonyl (C=O) groups excluding carboxylic acids is 1. The van der Waals surface area contributed by atoms with E-state index < -0.39 is 51.4 Å². The molecule has 0 heterocycles. The molecule has 0 unspecified atom stereocenters. The van der Waals surface area contributed by atoms with E-state index in [9.17, 15) is 9.90 Å². The van der Waals surface area contributed by atoms with Crippen molar-refractivity contribution < 1.29 is 41.8 Å². The zero-order valence-electron chi connectivity index (χ0n) is 55.8. The summed E-state index contributed by atoms with van der Waals surface area (Å²) in [7, 11) is -6.11. The maximum atomic E-state index is 13.3. The normalized spacial score (nSPS) is 19.3. The number of hydrogen-bond acceptors (Lipinski definition) is 9. The first-order chi connectivity index (χ1) is 35.2. The Kier molecular flexibility index (Phi) is 28.5. The zero-order chi connectivity index (χ0) is 61.0. The van der Waals surface area contributed by atoms with Gasteiger partial charge in [-0.25, -0.2) is 0 Å². The van der Waals surface area contributed by atoms with Gasteiger partial charge < -0.3 is 37.0 Å². The highest BCUT2D eigenvalue weighted by Gasteiger charge is 2.48. The van der Waals surface area contributed by atoms with Gasteiger partial charge in [-0.1, -0.05) is 185 Å².